The van der Waals surface area contributed by atoms with E-state index in [1.165, 1.54) is 20.4 Å². The Morgan fingerprint density at radius 3 is 2.37 bits per heavy atom. The summed E-state index contributed by atoms with van der Waals surface area (Å²) in [7, 11) is 2.98. The van der Waals surface area contributed by atoms with Gasteiger partial charge < -0.3 is 19.5 Å². The van der Waals surface area contributed by atoms with Gasteiger partial charge in [0, 0.05) is 10.0 Å². The zero-order chi connectivity index (χ0) is 25.2. The summed E-state index contributed by atoms with van der Waals surface area (Å²) in [6.45, 7) is -0.244. The summed E-state index contributed by atoms with van der Waals surface area (Å²) < 4.78 is 16.6. The van der Waals surface area contributed by atoms with Crippen molar-refractivity contribution in [2.75, 3.05) is 20.8 Å². The third kappa shape index (κ3) is 7.41. The van der Waals surface area contributed by atoms with E-state index in [0.717, 1.165) is 4.47 Å². The number of hydrogen-bond donors (Lipinski definition) is 2. The minimum absolute atomic E-state index is 0.227. The monoisotopic (exact) mass is 539 g/mol. The number of hydrazone groups is 1. The molecule has 180 valence electrons. The minimum atomic E-state index is -0.551. The van der Waals surface area contributed by atoms with E-state index >= 15 is 0 Å². The molecule has 2 amide bonds. The van der Waals surface area contributed by atoms with Crippen LogP contribution in [-0.2, 0) is 4.79 Å². The molecule has 0 bridgehead atoms. The van der Waals surface area contributed by atoms with Crippen molar-refractivity contribution in [3.63, 3.8) is 0 Å². The van der Waals surface area contributed by atoms with Crippen LogP contribution in [0.25, 0.3) is 0 Å². The highest BCUT2D eigenvalue weighted by Crippen LogP contribution is 2.28. The van der Waals surface area contributed by atoms with Crippen LogP contribution in [-0.4, -0.2) is 44.8 Å². The summed E-state index contributed by atoms with van der Waals surface area (Å²) in [6, 6.07) is 18.1. The van der Waals surface area contributed by atoms with Gasteiger partial charge in [-0.2, -0.15) is 5.10 Å². The van der Waals surface area contributed by atoms with Gasteiger partial charge in [-0.25, -0.2) is 10.2 Å². The number of carbonyl (C=O) groups is 3. The molecule has 0 heterocycles. The predicted octanol–water partition coefficient (Wildman–Crippen LogP) is 3.57. The molecule has 9 nitrogen and oxygen atoms in total. The summed E-state index contributed by atoms with van der Waals surface area (Å²) in [5.41, 5.74) is 3.70. The van der Waals surface area contributed by atoms with E-state index in [-0.39, 0.29) is 18.2 Å². The topological polar surface area (TPSA) is 115 Å². The van der Waals surface area contributed by atoms with E-state index in [1.807, 2.05) is 0 Å². The van der Waals surface area contributed by atoms with Crippen LogP contribution in [0.5, 0.6) is 17.2 Å². The zero-order valence-electron chi connectivity index (χ0n) is 18.9. The Bertz CT molecular complexity index is 1240. The van der Waals surface area contributed by atoms with Crippen LogP contribution >= 0.6 is 15.9 Å². The number of rotatable bonds is 9. The molecule has 0 saturated heterocycles. The summed E-state index contributed by atoms with van der Waals surface area (Å²) in [5.74, 6) is -0.268. The lowest BCUT2D eigenvalue weighted by Crippen LogP contribution is -2.34. The van der Waals surface area contributed by atoms with Gasteiger partial charge >= 0.3 is 5.97 Å². The van der Waals surface area contributed by atoms with Gasteiger partial charge in [0.1, 0.15) is 5.75 Å². The van der Waals surface area contributed by atoms with Gasteiger partial charge in [-0.15, -0.1) is 0 Å². The third-order valence-electron chi connectivity index (χ3n) is 4.62. The largest absolute Gasteiger partial charge is 0.497 e. The molecule has 3 aromatic rings. The molecule has 0 atom stereocenters. The fourth-order valence-electron chi connectivity index (χ4n) is 2.85. The highest BCUT2D eigenvalue weighted by Gasteiger charge is 2.13. The number of carbonyl (C=O) groups excluding carboxylic acids is 3. The summed E-state index contributed by atoms with van der Waals surface area (Å²) in [5, 5.41) is 6.39. The first-order chi connectivity index (χ1) is 16.9. The van der Waals surface area contributed by atoms with E-state index in [9.17, 15) is 14.4 Å². The molecular weight excluding hydrogens is 518 g/mol. The van der Waals surface area contributed by atoms with Crippen LogP contribution in [0.3, 0.4) is 0 Å². The lowest BCUT2D eigenvalue weighted by atomic mass is 10.2. The second-order valence-corrected chi connectivity index (χ2v) is 7.93. The van der Waals surface area contributed by atoms with Crippen molar-refractivity contribution in [1.29, 1.82) is 0 Å². The standard InChI is InChI=1S/C25H22BrN3O6/c1-33-20-9-7-17(8-10-20)25(32)35-21-11-6-16(12-22(21)34-2)14-28-29-23(30)15-27-24(31)18-4-3-5-19(26)13-18/h3-14H,15H2,1-2H3,(H,27,31)(H,29,30)/b28-14+. The maximum Gasteiger partial charge on any atom is 0.343 e. The average Bonchev–Trinajstić information content (AvgIpc) is 2.88. The molecule has 0 fully saturated rings. The fraction of sp³-hybridized carbons (Fsp3) is 0.120. The number of methoxy groups -OCH3 is 2. The fourth-order valence-corrected chi connectivity index (χ4v) is 3.24. The highest BCUT2D eigenvalue weighted by atomic mass is 79.9. The summed E-state index contributed by atoms with van der Waals surface area (Å²) in [4.78, 5) is 36.5. The molecule has 3 aromatic carbocycles. The van der Waals surface area contributed by atoms with Crippen LogP contribution in [0.2, 0.25) is 0 Å². The lowest BCUT2D eigenvalue weighted by Gasteiger charge is -2.10. The van der Waals surface area contributed by atoms with E-state index in [2.05, 4.69) is 31.8 Å². The van der Waals surface area contributed by atoms with E-state index in [1.54, 1.807) is 66.7 Å². The Labute approximate surface area is 210 Å². The van der Waals surface area contributed by atoms with Crippen molar-refractivity contribution < 1.29 is 28.6 Å². The molecule has 3 rings (SSSR count). The van der Waals surface area contributed by atoms with Crippen LogP contribution in [0.4, 0.5) is 0 Å². The highest BCUT2D eigenvalue weighted by molar-refractivity contribution is 9.10. The normalized spacial score (nSPS) is 10.5. The number of amides is 2. The Kier molecular flexibility index (Phi) is 8.96. The van der Waals surface area contributed by atoms with Gasteiger partial charge in [0.2, 0.25) is 0 Å². The number of halogens is 1. The van der Waals surface area contributed by atoms with Crippen molar-refractivity contribution >= 4 is 39.9 Å². The molecular formula is C25H22BrN3O6. The Morgan fingerprint density at radius 2 is 1.69 bits per heavy atom. The number of nitrogens with zero attached hydrogens (tertiary/aromatic N) is 1. The second-order valence-electron chi connectivity index (χ2n) is 7.01. The molecule has 0 aliphatic rings. The number of benzene rings is 3. The van der Waals surface area contributed by atoms with Crippen LogP contribution in [0.1, 0.15) is 26.3 Å². The Hall–Kier alpha value is -4.18. The minimum Gasteiger partial charge on any atom is -0.497 e. The van der Waals surface area contributed by atoms with Gasteiger partial charge in [-0.1, -0.05) is 22.0 Å². The molecule has 0 radical (unpaired) electrons. The van der Waals surface area contributed by atoms with Crippen molar-refractivity contribution in [3.05, 3.63) is 87.9 Å². The maximum atomic E-state index is 12.4. The van der Waals surface area contributed by atoms with E-state index in [4.69, 9.17) is 14.2 Å². The second kappa shape index (κ2) is 12.3. The first-order valence-electron chi connectivity index (χ1n) is 10.3. The molecule has 0 aliphatic carbocycles. The number of esters is 1. The zero-order valence-corrected chi connectivity index (χ0v) is 20.5. The molecule has 0 spiro atoms. The van der Waals surface area contributed by atoms with Gasteiger partial charge in [-0.3, -0.25) is 9.59 Å². The van der Waals surface area contributed by atoms with Crippen molar-refractivity contribution in [1.82, 2.24) is 10.7 Å². The smallest absolute Gasteiger partial charge is 0.343 e. The predicted molar refractivity (Wildman–Crippen MR) is 133 cm³/mol. The lowest BCUT2D eigenvalue weighted by molar-refractivity contribution is -0.120. The molecule has 0 aliphatic heterocycles. The molecule has 2 N–H and O–H groups in total. The number of nitrogens with one attached hydrogen (secondary N) is 2. The number of hydrogen-bond acceptors (Lipinski definition) is 7. The molecule has 0 unspecified atom stereocenters. The van der Waals surface area contributed by atoms with Gasteiger partial charge in [0.25, 0.3) is 11.8 Å². The molecule has 10 heteroatoms. The first-order valence-corrected chi connectivity index (χ1v) is 11.1. The Balaban J connectivity index is 1.54. The summed E-state index contributed by atoms with van der Waals surface area (Å²) >= 11 is 3.29. The van der Waals surface area contributed by atoms with E-state index in [0.29, 0.717) is 28.2 Å². The quantitative estimate of drug-likeness (QED) is 0.186. The SMILES string of the molecule is COc1ccc(C(=O)Oc2ccc(/C=N/NC(=O)CNC(=O)c3cccc(Br)c3)cc2OC)cc1. The van der Waals surface area contributed by atoms with Gasteiger partial charge in [0.05, 0.1) is 32.5 Å². The third-order valence-corrected chi connectivity index (χ3v) is 5.11. The van der Waals surface area contributed by atoms with Crippen molar-refractivity contribution in [2.24, 2.45) is 5.10 Å². The molecule has 35 heavy (non-hydrogen) atoms. The van der Waals surface area contributed by atoms with E-state index < -0.39 is 11.9 Å². The molecule has 0 saturated carbocycles. The van der Waals surface area contributed by atoms with Crippen LogP contribution < -0.4 is 25.0 Å². The van der Waals surface area contributed by atoms with Gasteiger partial charge in [-0.05, 0) is 66.2 Å². The Morgan fingerprint density at radius 1 is 0.914 bits per heavy atom. The maximum absolute atomic E-state index is 12.4. The van der Waals surface area contributed by atoms with Crippen LogP contribution in [0.15, 0.2) is 76.3 Å². The van der Waals surface area contributed by atoms with Crippen molar-refractivity contribution in [3.8, 4) is 17.2 Å². The van der Waals surface area contributed by atoms with Crippen LogP contribution in [0, 0.1) is 0 Å². The summed E-state index contributed by atoms with van der Waals surface area (Å²) in [6.07, 6.45) is 1.39. The van der Waals surface area contributed by atoms with Crippen molar-refractivity contribution in [2.45, 2.75) is 0 Å². The first kappa shape index (κ1) is 25.4. The van der Waals surface area contributed by atoms with Gasteiger partial charge in [0.15, 0.2) is 11.5 Å². The molecule has 0 aromatic heterocycles. The average molecular weight is 540 g/mol. The number of ether oxygens (including phenoxy) is 3.